The molecular weight excluding hydrogens is 250 g/mol. The second-order valence-corrected chi connectivity index (χ2v) is 6.63. The molecule has 0 atom stereocenters. The minimum absolute atomic E-state index is 0.136. The molecule has 1 heterocycles. The second kappa shape index (κ2) is 5.38. The Morgan fingerprint density at radius 3 is 2.50 bits per heavy atom. The first-order chi connectivity index (χ1) is 8.55. The highest BCUT2D eigenvalue weighted by Gasteiger charge is 2.27. The van der Waals surface area contributed by atoms with Crippen molar-refractivity contribution < 1.29 is 13.5 Å². The topological polar surface area (TPSA) is 57.6 Å². The maximum atomic E-state index is 12.5. The van der Waals surface area contributed by atoms with Crippen LogP contribution < -0.4 is 0 Å². The van der Waals surface area contributed by atoms with Crippen molar-refractivity contribution in [2.24, 2.45) is 0 Å². The van der Waals surface area contributed by atoms with E-state index in [1.807, 2.05) is 0 Å². The van der Waals surface area contributed by atoms with E-state index < -0.39 is 10.0 Å². The third-order valence-corrected chi connectivity index (χ3v) is 5.41. The molecule has 0 spiro atoms. The number of aliphatic hydroxyl groups is 1. The van der Waals surface area contributed by atoms with E-state index in [-0.39, 0.29) is 6.61 Å². The Bertz CT molecular complexity index is 519. The van der Waals surface area contributed by atoms with Crippen molar-refractivity contribution in [3.8, 4) is 0 Å². The van der Waals surface area contributed by atoms with Crippen LogP contribution in [0.4, 0.5) is 0 Å². The number of sulfonamides is 1. The molecule has 1 saturated heterocycles. The molecule has 5 heteroatoms. The molecule has 1 aromatic rings. The Labute approximate surface area is 108 Å². The van der Waals surface area contributed by atoms with Crippen LogP contribution in [0.15, 0.2) is 23.1 Å². The molecule has 4 nitrogen and oxygen atoms in total. The summed E-state index contributed by atoms with van der Waals surface area (Å²) in [4.78, 5) is 0.330. The number of aliphatic hydroxyl groups excluding tert-OH is 1. The smallest absolute Gasteiger partial charge is 0.243 e. The van der Waals surface area contributed by atoms with Crippen molar-refractivity contribution >= 4 is 10.0 Å². The Hall–Kier alpha value is -0.910. The maximum absolute atomic E-state index is 12.5. The molecule has 1 aliphatic heterocycles. The predicted octanol–water partition coefficient (Wildman–Crippen LogP) is 1.66. The molecule has 0 saturated carbocycles. The van der Waals surface area contributed by atoms with E-state index >= 15 is 0 Å². The molecule has 1 N–H and O–H groups in total. The summed E-state index contributed by atoms with van der Waals surface area (Å²) >= 11 is 0. The maximum Gasteiger partial charge on any atom is 0.243 e. The number of benzene rings is 1. The van der Waals surface area contributed by atoms with E-state index in [0.717, 1.165) is 24.8 Å². The Kier molecular flexibility index (Phi) is 4.04. The number of rotatable bonds is 3. The molecule has 1 aromatic carbocycles. The van der Waals surface area contributed by atoms with Gasteiger partial charge in [0.15, 0.2) is 0 Å². The summed E-state index contributed by atoms with van der Waals surface area (Å²) in [5, 5.41) is 9.12. The van der Waals surface area contributed by atoms with Crippen molar-refractivity contribution in [1.29, 1.82) is 0 Å². The Morgan fingerprint density at radius 1 is 1.22 bits per heavy atom. The SMILES string of the molecule is Cc1ccc(CO)cc1S(=O)(=O)N1CCCCC1. The zero-order chi connectivity index (χ0) is 13.2. The zero-order valence-electron chi connectivity index (χ0n) is 10.6. The highest BCUT2D eigenvalue weighted by molar-refractivity contribution is 7.89. The lowest BCUT2D eigenvalue weighted by Gasteiger charge is -2.26. The lowest BCUT2D eigenvalue weighted by atomic mass is 10.2. The minimum Gasteiger partial charge on any atom is -0.392 e. The molecule has 0 amide bonds. The number of hydrogen-bond acceptors (Lipinski definition) is 3. The van der Waals surface area contributed by atoms with Crippen molar-refractivity contribution in [1.82, 2.24) is 4.31 Å². The number of nitrogens with zero attached hydrogens (tertiary/aromatic N) is 1. The summed E-state index contributed by atoms with van der Waals surface area (Å²) in [5.41, 5.74) is 1.37. The van der Waals surface area contributed by atoms with Crippen molar-refractivity contribution in [3.63, 3.8) is 0 Å². The number of piperidine rings is 1. The fourth-order valence-corrected chi connectivity index (χ4v) is 4.06. The van der Waals surface area contributed by atoms with Gasteiger partial charge in [-0.15, -0.1) is 0 Å². The largest absolute Gasteiger partial charge is 0.392 e. The van der Waals surface area contributed by atoms with Crippen molar-refractivity contribution in [3.05, 3.63) is 29.3 Å². The van der Waals surface area contributed by atoms with Crippen molar-refractivity contribution in [2.75, 3.05) is 13.1 Å². The van der Waals surface area contributed by atoms with E-state index in [0.29, 0.717) is 23.5 Å². The first-order valence-electron chi connectivity index (χ1n) is 6.26. The van der Waals surface area contributed by atoms with Gasteiger partial charge >= 0.3 is 0 Å². The molecule has 0 unspecified atom stereocenters. The number of hydrogen-bond donors (Lipinski definition) is 1. The van der Waals surface area contributed by atoms with Crippen LogP contribution in [0.2, 0.25) is 0 Å². The van der Waals surface area contributed by atoms with E-state index in [1.165, 1.54) is 0 Å². The van der Waals surface area contributed by atoms with Gasteiger partial charge in [0.05, 0.1) is 11.5 Å². The molecular formula is C13H19NO3S. The minimum atomic E-state index is -3.40. The van der Waals surface area contributed by atoms with Crippen LogP contribution in [0, 0.1) is 6.92 Å². The van der Waals surface area contributed by atoms with E-state index in [2.05, 4.69) is 0 Å². The van der Waals surface area contributed by atoms with Gasteiger partial charge in [-0.3, -0.25) is 0 Å². The van der Waals surface area contributed by atoms with Crippen LogP contribution in [-0.4, -0.2) is 30.9 Å². The molecule has 2 rings (SSSR count). The lowest BCUT2D eigenvalue weighted by Crippen LogP contribution is -2.36. The van der Waals surface area contributed by atoms with Crippen LogP contribution in [0.5, 0.6) is 0 Å². The number of aryl methyl sites for hydroxylation is 1. The molecule has 0 aliphatic carbocycles. The van der Waals surface area contributed by atoms with E-state index in [4.69, 9.17) is 5.11 Å². The van der Waals surface area contributed by atoms with Gasteiger partial charge in [-0.25, -0.2) is 8.42 Å². The molecule has 0 aromatic heterocycles. The molecule has 1 fully saturated rings. The third-order valence-electron chi connectivity index (χ3n) is 3.37. The van der Waals surface area contributed by atoms with E-state index in [1.54, 1.807) is 29.4 Å². The van der Waals surface area contributed by atoms with Gasteiger partial charge in [-0.1, -0.05) is 18.6 Å². The van der Waals surface area contributed by atoms with Crippen LogP contribution in [0.1, 0.15) is 30.4 Å². The van der Waals surface area contributed by atoms with Crippen LogP contribution in [-0.2, 0) is 16.6 Å². The highest BCUT2D eigenvalue weighted by atomic mass is 32.2. The van der Waals surface area contributed by atoms with Gasteiger partial charge < -0.3 is 5.11 Å². The van der Waals surface area contributed by atoms with Gasteiger partial charge in [-0.2, -0.15) is 4.31 Å². The first-order valence-corrected chi connectivity index (χ1v) is 7.70. The van der Waals surface area contributed by atoms with Crippen molar-refractivity contribution in [2.45, 2.75) is 37.7 Å². The standard InChI is InChI=1S/C13H19NO3S/c1-11-5-6-12(10-15)9-13(11)18(16,17)14-7-3-2-4-8-14/h5-6,9,15H,2-4,7-8,10H2,1H3. The predicted molar refractivity (Wildman–Crippen MR) is 69.7 cm³/mol. The second-order valence-electron chi connectivity index (χ2n) is 4.72. The third kappa shape index (κ3) is 2.58. The Balaban J connectivity index is 2.39. The summed E-state index contributed by atoms with van der Waals surface area (Å²) in [6, 6.07) is 5.09. The summed E-state index contributed by atoms with van der Waals surface area (Å²) in [5.74, 6) is 0. The normalized spacial score (nSPS) is 17.9. The van der Waals surface area contributed by atoms with Gasteiger partial charge in [-0.05, 0) is 37.0 Å². The van der Waals surface area contributed by atoms with Gasteiger partial charge in [0.25, 0.3) is 0 Å². The highest BCUT2D eigenvalue weighted by Crippen LogP contribution is 2.24. The zero-order valence-corrected chi connectivity index (χ0v) is 11.4. The van der Waals surface area contributed by atoms with Gasteiger partial charge in [0, 0.05) is 13.1 Å². The average Bonchev–Trinajstić information content (AvgIpc) is 2.40. The quantitative estimate of drug-likeness (QED) is 0.908. The monoisotopic (exact) mass is 269 g/mol. The summed E-state index contributed by atoms with van der Waals surface area (Å²) in [6.07, 6.45) is 2.96. The summed E-state index contributed by atoms with van der Waals surface area (Å²) in [6.45, 7) is 2.86. The van der Waals surface area contributed by atoms with E-state index in [9.17, 15) is 8.42 Å². The van der Waals surface area contributed by atoms with Crippen LogP contribution >= 0.6 is 0 Å². The molecule has 100 valence electrons. The fraction of sp³-hybridized carbons (Fsp3) is 0.538. The van der Waals surface area contributed by atoms with Crippen LogP contribution in [0.25, 0.3) is 0 Å². The lowest BCUT2D eigenvalue weighted by molar-refractivity contribution is 0.281. The van der Waals surface area contributed by atoms with Gasteiger partial charge in [0.1, 0.15) is 0 Å². The van der Waals surface area contributed by atoms with Crippen LogP contribution in [0.3, 0.4) is 0 Å². The summed E-state index contributed by atoms with van der Waals surface area (Å²) in [7, 11) is -3.40. The molecule has 1 aliphatic rings. The molecule has 18 heavy (non-hydrogen) atoms. The Morgan fingerprint density at radius 2 is 1.89 bits per heavy atom. The molecule has 0 radical (unpaired) electrons. The summed E-state index contributed by atoms with van der Waals surface area (Å²) < 4.78 is 26.6. The first kappa shape index (κ1) is 13.5. The van der Waals surface area contributed by atoms with Gasteiger partial charge in [0.2, 0.25) is 10.0 Å². The average molecular weight is 269 g/mol. The fourth-order valence-electron chi connectivity index (χ4n) is 2.27. The molecule has 0 bridgehead atoms.